The second-order valence-electron chi connectivity index (χ2n) is 6.03. The molecule has 2 N–H and O–H groups in total. The van der Waals surface area contributed by atoms with Gasteiger partial charge in [0.15, 0.2) is 5.96 Å². The molecule has 1 amide bonds. The topological polar surface area (TPSA) is 66.0 Å². The highest BCUT2D eigenvalue weighted by Gasteiger charge is 2.06. The van der Waals surface area contributed by atoms with E-state index in [-0.39, 0.29) is 29.9 Å². The summed E-state index contributed by atoms with van der Waals surface area (Å²) in [6.45, 7) is 4.67. The van der Waals surface area contributed by atoms with E-state index in [9.17, 15) is 4.79 Å². The Labute approximate surface area is 184 Å². The summed E-state index contributed by atoms with van der Waals surface area (Å²) in [7, 11) is 3.62. The molecule has 0 saturated carbocycles. The normalized spacial score (nSPS) is 10.6. The highest BCUT2D eigenvalue weighted by Crippen LogP contribution is 2.08. The van der Waals surface area contributed by atoms with Gasteiger partial charge in [0, 0.05) is 26.2 Å². The number of halogens is 1. The maximum absolute atomic E-state index is 11.6. The van der Waals surface area contributed by atoms with Crippen LogP contribution in [0.25, 0.3) is 0 Å². The fourth-order valence-corrected chi connectivity index (χ4v) is 2.46. The van der Waals surface area contributed by atoms with E-state index in [0.29, 0.717) is 18.7 Å². The molecule has 0 fully saturated rings. The van der Waals surface area contributed by atoms with Gasteiger partial charge in [-0.2, -0.15) is 0 Å². The largest absolute Gasteiger partial charge is 0.492 e. The molecule has 0 aliphatic carbocycles. The highest BCUT2D eigenvalue weighted by molar-refractivity contribution is 14.0. The van der Waals surface area contributed by atoms with Crippen molar-refractivity contribution in [2.75, 3.05) is 33.8 Å². The van der Waals surface area contributed by atoms with Gasteiger partial charge in [-0.3, -0.25) is 4.79 Å². The summed E-state index contributed by atoms with van der Waals surface area (Å²) in [6.07, 6.45) is 0. The lowest BCUT2D eigenvalue weighted by Gasteiger charge is -2.22. The number of hydrogen-bond donors (Lipinski definition) is 2. The molecule has 2 aromatic rings. The molecule has 0 spiro atoms. The van der Waals surface area contributed by atoms with Crippen LogP contribution >= 0.6 is 24.0 Å². The first-order valence-electron chi connectivity index (χ1n) is 9.12. The van der Waals surface area contributed by atoms with Crippen molar-refractivity contribution >= 4 is 35.8 Å². The Bertz CT molecular complexity index is 736. The fourth-order valence-electron chi connectivity index (χ4n) is 2.46. The minimum Gasteiger partial charge on any atom is -0.492 e. The van der Waals surface area contributed by atoms with Gasteiger partial charge < -0.3 is 20.3 Å². The number of guanidine groups is 1. The molecular formula is C21H29IN4O2. The van der Waals surface area contributed by atoms with Gasteiger partial charge in [-0.05, 0) is 36.8 Å². The van der Waals surface area contributed by atoms with Crippen molar-refractivity contribution < 1.29 is 9.53 Å². The minimum absolute atomic E-state index is 0. The third kappa shape index (κ3) is 7.75. The smallest absolute Gasteiger partial charge is 0.251 e. The summed E-state index contributed by atoms with van der Waals surface area (Å²) in [5.74, 6) is 1.60. The van der Waals surface area contributed by atoms with Gasteiger partial charge in [0.1, 0.15) is 12.4 Å². The molecular weight excluding hydrogens is 467 g/mol. The Morgan fingerprint density at radius 1 is 1.11 bits per heavy atom. The van der Waals surface area contributed by atoms with Crippen LogP contribution in [0.2, 0.25) is 0 Å². The number of ether oxygens (including phenoxy) is 1. The lowest BCUT2D eigenvalue weighted by molar-refractivity contribution is 0.0963. The van der Waals surface area contributed by atoms with Crippen LogP contribution in [0.3, 0.4) is 0 Å². The molecule has 152 valence electrons. The number of nitrogens with one attached hydrogen (secondary N) is 2. The molecule has 0 radical (unpaired) electrons. The lowest BCUT2D eigenvalue weighted by Crippen LogP contribution is -2.40. The lowest BCUT2D eigenvalue weighted by atomic mass is 10.1. The molecule has 0 aliphatic heterocycles. The molecule has 0 saturated heterocycles. The second-order valence-corrected chi connectivity index (χ2v) is 6.03. The van der Waals surface area contributed by atoms with Crippen LogP contribution in [0, 0.1) is 0 Å². The van der Waals surface area contributed by atoms with E-state index in [1.54, 1.807) is 7.05 Å². The maximum atomic E-state index is 11.6. The summed E-state index contributed by atoms with van der Waals surface area (Å²) in [5, 5.41) is 5.92. The SMILES string of the molecule is CCNC(=NCc1ccc(C(=O)NC)cc1)N(C)CCOc1ccccc1.I. The Balaban J connectivity index is 0.00000392. The molecule has 0 aromatic heterocycles. The molecule has 0 heterocycles. The van der Waals surface area contributed by atoms with Crippen molar-refractivity contribution in [2.24, 2.45) is 4.99 Å². The van der Waals surface area contributed by atoms with Crippen LogP contribution < -0.4 is 15.4 Å². The van der Waals surface area contributed by atoms with Crippen LogP contribution in [0.5, 0.6) is 5.75 Å². The molecule has 7 heteroatoms. The van der Waals surface area contributed by atoms with Gasteiger partial charge in [0.05, 0.1) is 13.1 Å². The van der Waals surface area contributed by atoms with Crippen LogP contribution in [-0.2, 0) is 6.54 Å². The average molecular weight is 496 g/mol. The van der Waals surface area contributed by atoms with Gasteiger partial charge in [0.2, 0.25) is 0 Å². The van der Waals surface area contributed by atoms with E-state index in [2.05, 4.69) is 15.6 Å². The van der Waals surface area contributed by atoms with Crippen molar-refractivity contribution in [3.8, 4) is 5.75 Å². The molecule has 2 aromatic carbocycles. The number of hydrogen-bond acceptors (Lipinski definition) is 3. The number of carbonyl (C=O) groups is 1. The van der Waals surface area contributed by atoms with Crippen LogP contribution in [0.1, 0.15) is 22.8 Å². The van der Waals surface area contributed by atoms with Gasteiger partial charge in [-0.1, -0.05) is 30.3 Å². The average Bonchev–Trinajstić information content (AvgIpc) is 2.71. The number of nitrogens with zero attached hydrogens (tertiary/aromatic N) is 2. The number of amides is 1. The first kappa shape index (κ1) is 23.7. The quantitative estimate of drug-likeness (QED) is 0.335. The van der Waals surface area contributed by atoms with Crippen molar-refractivity contribution in [3.63, 3.8) is 0 Å². The predicted molar refractivity (Wildman–Crippen MR) is 125 cm³/mol. The number of likely N-dealkylation sites (N-methyl/N-ethyl adjacent to an activating group) is 1. The zero-order valence-electron chi connectivity index (χ0n) is 16.6. The van der Waals surface area contributed by atoms with E-state index in [1.807, 2.05) is 73.5 Å². The summed E-state index contributed by atoms with van der Waals surface area (Å²) in [5.41, 5.74) is 1.69. The number of benzene rings is 2. The number of aliphatic imine (C=N–C) groups is 1. The second kappa shape index (κ2) is 13.0. The van der Waals surface area contributed by atoms with Gasteiger partial charge in [0.25, 0.3) is 5.91 Å². The van der Waals surface area contributed by atoms with Crippen LogP contribution in [0.4, 0.5) is 0 Å². The summed E-state index contributed by atoms with van der Waals surface area (Å²) in [4.78, 5) is 18.3. The summed E-state index contributed by atoms with van der Waals surface area (Å²) >= 11 is 0. The van der Waals surface area contributed by atoms with Crippen LogP contribution in [-0.4, -0.2) is 50.6 Å². The third-order valence-electron chi connectivity index (χ3n) is 3.99. The Morgan fingerprint density at radius 3 is 2.39 bits per heavy atom. The molecule has 6 nitrogen and oxygen atoms in total. The van der Waals surface area contributed by atoms with Gasteiger partial charge >= 0.3 is 0 Å². The summed E-state index contributed by atoms with van der Waals surface area (Å²) < 4.78 is 5.75. The van der Waals surface area contributed by atoms with Crippen molar-refractivity contribution in [2.45, 2.75) is 13.5 Å². The maximum Gasteiger partial charge on any atom is 0.251 e. The van der Waals surface area contributed by atoms with E-state index >= 15 is 0 Å². The molecule has 0 atom stereocenters. The van der Waals surface area contributed by atoms with E-state index in [4.69, 9.17) is 4.74 Å². The van der Waals surface area contributed by atoms with Crippen molar-refractivity contribution in [1.82, 2.24) is 15.5 Å². The zero-order chi connectivity index (χ0) is 19.5. The van der Waals surface area contributed by atoms with Gasteiger partial charge in [-0.25, -0.2) is 4.99 Å². The third-order valence-corrected chi connectivity index (χ3v) is 3.99. The predicted octanol–water partition coefficient (Wildman–Crippen LogP) is 3.14. The monoisotopic (exact) mass is 496 g/mol. The summed E-state index contributed by atoms with van der Waals surface area (Å²) in [6, 6.07) is 17.3. The molecule has 0 unspecified atom stereocenters. The Morgan fingerprint density at radius 2 is 1.79 bits per heavy atom. The molecule has 0 aliphatic rings. The van der Waals surface area contributed by atoms with E-state index < -0.39 is 0 Å². The number of carbonyl (C=O) groups excluding carboxylic acids is 1. The Kier molecular flexibility index (Phi) is 11.0. The zero-order valence-corrected chi connectivity index (χ0v) is 19.0. The van der Waals surface area contributed by atoms with Gasteiger partial charge in [-0.15, -0.1) is 24.0 Å². The Hall–Kier alpha value is -2.29. The first-order chi connectivity index (χ1) is 13.1. The molecule has 28 heavy (non-hydrogen) atoms. The highest BCUT2D eigenvalue weighted by atomic mass is 127. The number of para-hydroxylation sites is 1. The number of rotatable bonds is 8. The fraction of sp³-hybridized carbons (Fsp3) is 0.333. The minimum atomic E-state index is -0.0865. The molecule has 0 bridgehead atoms. The van der Waals surface area contributed by atoms with Crippen LogP contribution in [0.15, 0.2) is 59.6 Å². The van der Waals surface area contributed by atoms with E-state index in [1.165, 1.54) is 0 Å². The van der Waals surface area contributed by atoms with E-state index in [0.717, 1.165) is 30.4 Å². The van der Waals surface area contributed by atoms with Crippen molar-refractivity contribution in [1.29, 1.82) is 0 Å². The first-order valence-corrected chi connectivity index (χ1v) is 9.12. The molecule has 2 rings (SSSR count). The van der Waals surface area contributed by atoms with Crippen molar-refractivity contribution in [3.05, 3.63) is 65.7 Å². The standard InChI is InChI=1S/C21H28N4O2.HI/c1-4-23-21(25(3)14-15-27-19-8-6-5-7-9-19)24-16-17-10-12-18(13-11-17)20(26)22-2;/h5-13H,4,14-16H2,1-3H3,(H,22,26)(H,23,24);1H.